The quantitative estimate of drug-likeness (QED) is 0.422. The van der Waals surface area contributed by atoms with Crippen molar-refractivity contribution in [2.45, 2.75) is 33.7 Å². The third kappa shape index (κ3) is 6.01. The Bertz CT molecular complexity index is 1110. The van der Waals surface area contributed by atoms with Gasteiger partial charge in [0.15, 0.2) is 0 Å². The summed E-state index contributed by atoms with van der Waals surface area (Å²) >= 11 is 0. The van der Waals surface area contributed by atoms with Crippen LogP contribution in [0.25, 0.3) is 11.8 Å². The minimum Gasteiger partial charge on any atom is -0.354 e. The number of carbonyl (C=O) groups excluding carboxylic acids is 1. The summed E-state index contributed by atoms with van der Waals surface area (Å²) in [5.74, 6) is 1.15. The molecule has 0 atom stereocenters. The number of amides is 1. The molecule has 1 amide bonds. The molecule has 2 aromatic carbocycles. The van der Waals surface area contributed by atoms with Gasteiger partial charge in [-0.15, -0.1) is 0 Å². The number of para-hydroxylation sites is 1. The van der Waals surface area contributed by atoms with Crippen LogP contribution in [0.2, 0.25) is 0 Å². The lowest BCUT2D eigenvalue weighted by Crippen LogP contribution is -2.47. The summed E-state index contributed by atoms with van der Waals surface area (Å²) in [5.41, 5.74) is 4.18. The molecule has 35 heavy (non-hydrogen) atoms. The van der Waals surface area contributed by atoms with Crippen LogP contribution in [-0.2, 0) is 11.3 Å². The standard InChI is InChI=1S/C29H37N5O/c1-4-18-33(28(35)17-16-25-12-8-6-9-13-25)23-27-24(3)30-34(26-14-10-7-11-15-26)29(27)32-21-19-31(5-2)20-22-32/h6-17H,4-5,18-23H2,1-3H3. The molecule has 0 radical (unpaired) electrons. The van der Waals surface area contributed by atoms with Gasteiger partial charge in [-0.1, -0.05) is 62.4 Å². The molecule has 0 N–H and O–H groups in total. The van der Waals surface area contributed by atoms with Crippen LogP contribution in [0, 0.1) is 6.92 Å². The number of aromatic nitrogens is 2. The van der Waals surface area contributed by atoms with Crippen molar-refractivity contribution < 1.29 is 4.79 Å². The second-order valence-electron chi connectivity index (χ2n) is 9.06. The van der Waals surface area contributed by atoms with Gasteiger partial charge in [0.2, 0.25) is 5.91 Å². The second kappa shape index (κ2) is 11.8. The molecular formula is C29H37N5O. The highest BCUT2D eigenvalue weighted by molar-refractivity contribution is 5.91. The van der Waals surface area contributed by atoms with Crippen molar-refractivity contribution >= 4 is 17.8 Å². The summed E-state index contributed by atoms with van der Waals surface area (Å²) < 4.78 is 2.07. The number of hydrogen-bond donors (Lipinski definition) is 0. The monoisotopic (exact) mass is 471 g/mol. The zero-order valence-corrected chi connectivity index (χ0v) is 21.2. The van der Waals surface area contributed by atoms with Crippen molar-refractivity contribution in [3.63, 3.8) is 0 Å². The van der Waals surface area contributed by atoms with E-state index in [1.165, 1.54) is 0 Å². The average molecular weight is 472 g/mol. The number of hydrogen-bond acceptors (Lipinski definition) is 4. The molecule has 6 nitrogen and oxygen atoms in total. The molecule has 4 rings (SSSR count). The van der Waals surface area contributed by atoms with E-state index in [0.717, 1.165) is 67.5 Å². The molecule has 0 saturated carbocycles. The summed E-state index contributed by atoms with van der Waals surface area (Å²) in [6, 6.07) is 20.3. The molecule has 1 fully saturated rings. The highest BCUT2D eigenvalue weighted by atomic mass is 16.2. The van der Waals surface area contributed by atoms with E-state index >= 15 is 0 Å². The fraction of sp³-hybridized carbons (Fsp3) is 0.379. The van der Waals surface area contributed by atoms with E-state index in [9.17, 15) is 4.79 Å². The van der Waals surface area contributed by atoms with E-state index in [1.807, 2.05) is 59.5 Å². The van der Waals surface area contributed by atoms with E-state index in [-0.39, 0.29) is 5.91 Å². The minimum atomic E-state index is 0.0318. The molecular weight excluding hydrogens is 434 g/mol. The summed E-state index contributed by atoms with van der Waals surface area (Å²) in [6.07, 6.45) is 4.50. The number of piperazine rings is 1. The molecule has 0 aliphatic carbocycles. The van der Waals surface area contributed by atoms with Gasteiger partial charge < -0.3 is 14.7 Å². The number of anilines is 1. The molecule has 3 aromatic rings. The molecule has 6 heteroatoms. The number of rotatable bonds is 9. The van der Waals surface area contributed by atoms with Crippen molar-refractivity contribution in [3.8, 4) is 5.69 Å². The number of carbonyl (C=O) groups is 1. The lowest BCUT2D eigenvalue weighted by molar-refractivity contribution is -0.126. The fourth-order valence-electron chi connectivity index (χ4n) is 4.65. The summed E-state index contributed by atoms with van der Waals surface area (Å²) in [4.78, 5) is 20.1. The Morgan fingerprint density at radius 1 is 0.971 bits per heavy atom. The fourth-order valence-corrected chi connectivity index (χ4v) is 4.65. The van der Waals surface area contributed by atoms with Crippen molar-refractivity contribution in [3.05, 3.63) is 83.6 Å². The maximum atomic E-state index is 13.3. The lowest BCUT2D eigenvalue weighted by Gasteiger charge is -2.36. The topological polar surface area (TPSA) is 44.6 Å². The van der Waals surface area contributed by atoms with Crippen molar-refractivity contribution in [1.29, 1.82) is 0 Å². The van der Waals surface area contributed by atoms with Crippen LogP contribution in [0.3, 0.4) is 0 Å². The van der Waals surface area contributed by atoms with Gasteiger partial charge >= 0.3 is 0 Å². The second-order valence-corrected chi connectivity index (χ2v) is 9.06. The molecule has 1 aliphatic heterocycles. The van der Waals surface area contributed by atoms with Gasteiger partial charge in [0.1, 0.15) is 5.82 Å². The van der Waals surface area contributed by atoms with Crippen LogP contribution in [0.5, 0.6) is 0 Å². The van der Waals surface area contributed by atoms with Crippen LogP contribution in [0.4, 0.5) is 5.82 Å². The molecule has 0 unspecified atom stereocenters. The molecule has 0 bridgehead atoms. The Morgan fingerprint density at radius 2 is 1.63 bits per heavy atom. The number of likely N-dealkylation sites (N-methyl/N-ethyl adjacent to an activating group) is 1. The summed E-state index contributed by atoms with van der Waals surface area (Å²) in [5, 5.41) is 4.97. The van der Waals surface area contributed by atoms with E-state index in [1.54, 1.807) is 6.08 Å². The first-order valence-corrected chi connectivity index (χ1v) is 12.7. The molecule has 1 saturated heterocycles. The molecule has 1 aliphatic rings. The average Bonchev–Trinajstić information content (AvgIpc) is 3.23. The number of nitrogens with zero attached hydrogens (tertiary/aromatic N) is 5. The lowest BCUT2D eigenvalue weighted by atomic mass is 10.1. The first-order valence-electron chi connectivity index (χ1n) is 12.7. The van der Waals surface area contributed by atoms with Gasteiger partial charge in [-0.05, 0) is 43.7 Å². The van der Waals surface area contributed by atoms with Crippen LogP contribution < -0.4 is 4.90 Å². The Morgan fingerprint density at radius 3 is 2.26 bits per heavy atom. The van der Waals surface area contributed by atoms with Gasteiger partial charge in [0.05, 0.1) is 17.9 Å². The Hall–Kier alpha value is -3.38. The van der Waals surface area contributed by atoms with Crippen molar-refractivity contribution in [1.82, 2.24) is 19.6 Å². The van der Waals surface area contributed by atoms with Gasteiger partial charge in [-0.2, -0.15) is 5.10 Å². The highest BCUT2D eigenvalue weighted by Gasteiger charge is 2.27. The summed E-state index contributed by atoms with van der Waals surface area (Å²) in [7, 11) is 0. The normalized spacial score (nSPS) is 14.5. The van der Waals surface area contributed by atoms with Crippen LogP contribution in [-0.4, -0.2) is 64.8 Å². The highest BCUT2D eigenvalue weighted by Crippen LogP contribution is 2.30. The number of benzene rings is 2. The number of aryl methyl sites for hydroxylation is 1. The minimum absolute atomic E-state index is 0.0318. The van der Waals surface area contributed by atoms with E-state index in [2.05, 4.69) is 47.4 Å². The van der Waals surface area contributed by atoms with Gasteiger partial charge in [-0.3, -0.25) is 4.79 Å². The SMILES string of the molecule is CCCN(Cc1c(C)nn(-c2ccccc2)c1N1CCN(CC)CC1)C(=O)C=Cc1ccccc1. The third-order valence-electron chi connectivity index (χ3n) is 6.65. The first kappa shape index (κ1) is 24.7. The largest absolute Gasteiger partial charge is 0.354 e. The predicted molar refractivity (Wildman–Crippen MR) is 144 cm³/mol. The van der Waals surface area contributed by atoms with Crippen molar-refractivity contribution in [2.75, 3.05) is 44.2 Å². The summed E-state index contributed by atoms with van der Waals surface area (Å²) in [6.45, 7) is 12.7. The van der Waals surface area contributed by atoms with Gasteiger partial charge in [-0.25, -0.2) is 4.68 Å². The maximum absolute atomic E-state index is 13.3. The molecule has 1 aromatic heterocycles. The van der Waals surface area contributed by atoms with Gasteiger partial charge in [0.25, 0.3) is 0 Å². The van der Waals surface area contributed by atoms with Crippen LogP contribution >= 0.6 is 0 Å². The zero-order chi connectivity index (χ0) is 24.6. The molecule has 2 heterocycles. The maximum Gasteiger partial charge on any atom is 0.246 e. The third-order valence-corrected chi connectivity index (χ3v) is 6.65. The van der Waals surface area contributed by atoms with E-state index < -0.39 is 0 Å². The predicted octanol–water partition coefficient (Wildman–Crippen LogP) is 4.77. The van der Waals surface area contributed by atoms with Crippen molar-refractivity contribution in [2.24, 2.45) is 0 Å². The van der Waals surface area contributed by atoms with E-state index in [0.29, 0.717) is 13.1 Å². The van der Waals surface area contributed by atoms with Crippen LogP contribution in [0.1, 0.15) is 37.1 Å². The first-order chi connectivity index (χ1) is 17.1. The smallest absolute Gasteiger partial charge is 0.246 e. The zero-order valence-electron chi connectivity index (χ0n) is 21.2. The Kier molecular flexibility index (Phi) is 8.37. The molecule has 0 spiro atoms. The van der Waals surface area contributed by atoms with Gasteiger partial charge in [0, 0.05) is 44.4 Å². The Balaban J connectivity index is 1.66. The van der Waals surface area contributed by atoms with E-state index in [4.69, 9.17) is 5.10 Å². The molecule has 184 valence electrons. The Labute approximate surface area is 209 Å². The van der Waals surface area contributed by atoms with Crippen LogP contribution in [0.15, 0.2) is 66.7 Å².